The zero-order valence-electron chi connectivity index (χ0n) is 16.2. The van der Waals surface area contributed by atoms with Crippen LogP contribution < -0.4 is 0 Å². The van der Waals surface area contributed by atoms with Gasteiger partial charge in [-0.1, -0.05) is 12.8 Å². The maximum atomic E-state index is 13.1. The first-order valence-corrected chi connectivity index (χ1v) is 9.29. The second-order valence-corrected chi connectivity index (χ2v) is 7.38. The number of esters is 1. The monoisotopic (exact) mass is 388 g/mol. The molecule has 1 heterocycles. The number of alkyl halides is 3. The Morgan fingerprint density at radius 3 is 2.33 bits per heavy atom. The van der Waals surface area contributed by atoms with Gasteiger partial charge in [0.2, 0.25) is 0 Å². The predicted molar refractivity (Wildman–Crippen MR) is 94.8 cm³/mol. The van der Waals surface area contributed by atoms with Crippen molar-refractivity contribution in [1.29, 1.82) is 0 Å². The Labute approximate surface area is 157 Å². The van der Waals surface area contributed by atoms with Crippen molar-refractivity contribution in [3.05, 3.63) is 22.5 Å². The summed E-state index contributed by atoms with van der Waals surface area (Å²) < 4.78 is 43.4. The number of aromatic amines is 1. The average Bonchev–Trinajstić information content (AvgIpc) is 3.13. The van der Waals surface area contributed by atoms with Crippen LogP contribution in [0, 0.1) is 13.8 Å². The van der Waals surface area contributed by atoms with E-state index in [4.69, 9.17) is 4.74 Å². The average molecular weight is 388 g/mol. The van der Waals surface area contributed by atoms with E-state index in [1.54, 1.807) is 27.7 Å². The minimum Gasteiger partial charge on any atom is -0.459 e. The zero-order valence-corrected chi connectivity index (χ0v) is 16.2. The lowest BCUT2D eigenvalue weighted by Gasteiger charge is -2.29. The van der Waals surface area contributed by atoms with Crippen molar-refractivity contribution < 1.29 is 27.5 Å². The van der Waals surface area contributed by atoms with E-state index in [9.17, 15) is 22.8 Å². The Morgan fingerprint density at radius 2 is 1.81 bits per heavy atom. The van der Waals surface area contributed by atoms with Crippen LogP contribution in [0.2, 0.25) is 0 Å². The molecule has 0 spiro atoms. The molecule has 1 amide bonds. The van der Waals surface area contributed by atoms with Crippen LogP contribution in [0.1, 0.15) is 78.1 Å². The summed E-state index contributed by atoms with van der Waals surface area (Å²) in [7, 11) is 0. The first-order valence-electron chi connectivity index (χ1n) is 9.29. The number of hydrogen-bond acceptors (Lipinski definition) is 3. The highest BCUT2D eigenvalue weighted by atomic mass is 19.4. The maximum Gasteiger partial charge on any atom is 0.390 e. The number of carbonyl (C=O) groups excluding carboxylic acids is 2. The van der Waals surface area contributed by atoms with Gasteiger partial charge in [0, 0.05) is 18.3 Å². The van der Waals surface area contributed by atoms with Gasteiger partial charge in [0.05, 0.1) is 18.1 Å². The van der Waals surface area contributed by atoms with Crippen LogP contribution in [-0.2, 0) is 4.74 Å². The standard InChI is InChI=1S/C19H27F3N2O3/c1-11(2)27-18(26)15-12(3)16(23-13(15)4)17(25)24(10-9-19(20,21)22)14-7-5-6-8-14/h11,14,23H,5-10H2,1-4H3. The predicted octanol–water partition coefficient (Wildman–Crippen LogP) is 4.53. The second kappa shape index (κ2) is 8.35. The third-order valence-corrected chi connectivity index (χ3v) is 4.86. The van der Waals surface area contributed by atoms with E-state index in [0.717, 1.165) is 12.8 Å². The fourth-order valence-corrected chi connectivity index (χ4v) is 3.60. The van der Waals surface area contributed by atoms with Gasteiger partial charge in [-0.2, -0.15) is 13.2 Å². The summed E-state index contributed by atoms with van der Waals surface area (Å²) in [6, 6.07) is -0.200. The Bertz CT molecular complexity index is 689. The highest BCUT2D eigenvalue weighted by Gasteiger charge is 2.35. The molecule has 0 bridgehead atoms. The maximum absolute atomic E-state index is 13.1. The van der Waals surface area contributed by atoms with Crippen molar-refractivity contribution in [2.45, 2.75) is 78.1 Å². The number of carbonyl (C=O) groups is 2. The minimum absolute atomic E-state index is 0.164. The lowest BCUT2D eigenvalue weighted by molar-refractivity contribution is -0.137. The smallest absolute Gasteiger partial charge is 0.390 e. The number of rotatable bonds is 6. The summed E-state index contributed by atoms with van der Waals surface area (Å²) >= 11 is 0. The largest absolute Gasteiger partial charge is 0.459 e. The molecule has 1 saturated carbocycles. The van der Waals surface area contributed by atoms with Gasteiger partial charge in [-0.05, 0) is 46.1 Å². The van der Waals surface area contributed by atoms with Crippen molar-refractivity contribution in [2.24, 2.45) is 0 Å². The lowest BCUT2D eigenvalue weighted by Crippen LogP contribution is -2.41. The fraction of sp³-hybridized carbons (Fsp3) is 0.684. The Morgan fingerprint density at radius 1 is 1.22 bits per heavy atom. The third-order valence-electron chi connectivity index (χ3n) is 4.86. The van der Waals surface area contributed by atoms with Gasteiger partial charge in [-0.15, -0.1) is 0 Å². The van der Waals surface area contributed by atoms with Crippen LogP contribution >= 0.6 is 0 Å². The van der Waals surface area contributed by atoms with E-state index in [2.05, 4.69) is 4.98 Å². The van der Waals surface area contributed by atoms with Crippen LogP contribution in [0.3, 0.4) is 0 Å². The van der Waals surface area contributed by atoms with Crippen molar-refractivity contribution in [3.8, 4) is 0 Å². The fourth-order valence-electron chi connectivity index (χ4n) is 3.60. The molecule has 0 atom stereocenters. The molecule has 0 aromatic carbocycles. The van der Waals surface area contributed by atoms with Crippen LogP contribution in [0.5, 0.6) is 0 Å². The SMILES string of the molecule is Cc1[nH]c(C(=O)N(CCC(F)(F)F)C2CCCC2)c(C)c1C(=O)OC(C)C. The topological polar surface area (TPSA) is 62.4 Å². The number of aryl methyl sites for hydroxylation is 1. The van der Waals surface area contributed by atoms with Gasteiger partial charge in [-0.25, -0.2) is 4.79 Å². The van der Waals surface area contributed by atoms with E-state index >= 15 is 0 Å². The third kappa shape index (κ3) is 5.26. The van der Waals surface area contributed by atoms with Crippen molar-refractivity contribution in [2.75, 3.05) is 6.54 Å². The highest BCUT2D eigenvalue weighted by Crippen LogP contribution is 2.29. The van der Waals surface area contributed by atoms with E-state index in [1.807, 2.05) is 0 Å². The van der Waals surface area contributed by atoms with Crippen LogP contribution in [0.4, 0.5) is 13.2 Å². The van der Waals surface area contributed by atoms with Crippen LogP contribution in [-0.4, -0.2) is 46.6 Å². The zero-order chi connectivity index (χ0) is 20.4. The highest BCUT2D eigenvalue weighted by molar-refractivity contribution is 6.00. The van der Waals surface area contributed by atoms with Gasteiger partial charge in [0.15, 0.2) is 0 Å². The Hall–Kier alpha value is -1.99. The van der Waals surface area contributed by atoms with E-state index in [1.165, 1.54) is 4.90 Å². The van der Waals surface area contributed by atoms with Crippen molar-refractivity contribution >= 4 is 11.9 Å². The first kappa shape index (κ1) is 21.3. The molecule has 152 valence electrons. The van der Waals surface area contributed by atoms with E-state index in [0.29, 0.717) is 24.1 Å². The molecule has 5 nitrogen and oxygen atoms in total. The molecule has 1 fully saturated rings. The number of nitrogens with one attached hydrogen (secondary N) is 1. The van der Waals surface area contributed by atoms with Gasteiger partial charge >= 0.3 is 12.1 Å². The molecule has 1 aromatic heterocycles. The number of halogens is 3. The number of aromatic nitrogens is 1. The van der Waals surface area contributed by atoms with Gasteiger partial charge < -0.3 is 14.6 Å². The second-order valence-electron chi connectivity index (χ2n) is 7.38. The minimum atomic E-state index is -4.33. The number of hydrogen-bond donors (Lipinski definition) is 1. The molecule has 0 saturated heterocycles. The molecule has 8 heteroatoms. The summed E-state index contributed by atoms with van der Waals surface area (Å²) in [5.74, 6) is -1.03. The number of nitrogens with zero attached hydrogens (tertiary/aromatic N) is 1. The molecule has 0 unspecified atom stereocenters. The van der Waals surface area contributed by atoms with Crippen LogP contribution in [0.25, 0.3) is 0 Å². The van der Waals surface area contributed by atoms with Crippen molar-refractivity contribution in [3.63, 3.8) is 0 Å². The Kier molecular flexibility index (Phi) is 6.59. The van der Waals surface area contributed by atoms with Gasteiger partial charge in [0.25, 0.3) is 5.91 Å². The number of H-pyrrole nitrogens is 1. The molecule has 27 heavy (non-hydrogen) atoms. The number of amides is 1. The van der Waals surface area contributed by atoms with Crippen molar-refractivity contribution in [1.82, 2.24) is 9.88 Å². The molecule has 1 aliphatic carbocycles. The quantitative estimate of drug-likeness (QED) is 0.728. The van der Waals surface area contributed by atoms with E-state index < -0.39 is 24.5 Å². The van der Waals surface area contributed by atoms with E-state index in [-0.39, 0.29) is 29.9 Å². The molecule has 0 radical (unpaired) electrons. The molecule has 0 aliphatic heterocycles. The summed E-state index contributed by atoms with van der Waals surface area (Å²) in [6.45, 7) is 6.33. The lowest BCUT2D eigenvalue weighted by atomic mass is 10.1. The summed E-state index contributed by atoms with van der Waals surface area (Å²) in [6.07, 6.45) is -2.49. The van der Waals surface area contributed by atoms with Gasteiger partial charge in [0.1, 0.15) is 5.69 Å². The molecule has 1 N–H and O–H groups in total. The normalized spacial score (nSPS) is 15.4. The molecular formula is C19H27F3N2O3. The first-order chi connectivity index (χ1) is 12.5. The summed E-state index contributed by atoms with van der Waals surface area (Å²) in [5.41, 5.74) is 1.33. The van der Waals surface area contributed by atoms with Crippen LogP contribution in [0.15, 0.2) is 0 Å². The molecular weight excluding hydrogens is 361 g/mol. The molecule has 2 rings (SSSR count). The Balaban J connectivity index is 2.30. The summed E-state index contributed by atoms with van der Waals surface area (Å²) in [5, 5.41) is 0. The molecule has 1 aromatic rings. The molecule has 1 aliphatic rings. The summed E-state index contributed by atoms with van der Waals surface area (Å²) in [4.78, 5) is 29.6. The van der Waals surface area contributed by atoms with Gasteiger partial charge in [-0.3, -0.25) is 4.79 Å². The number of ether oxygens (including phenoxy) is 1.